The third-order valence-electron chi connectivity index (χ3n) is 6.19. The van der Waals surface area contributed by atoms with E-state index >= 15 is 0 Å². The van der Waals surface area contributed by atoms with Crippen molar-refractivity contribution in [1.29, 1.82) is 0 Å². The van der Waals surface area contributed by atoms with Crippen molar-refractivity contribution < 1.29 is 13.2 Å². The molecule has 152 valence electrons. The Kier molecular flexibility index (Phi) is 7.88. The number of likely N-dealkylation sites (tertiary alicyclic amines) is 2. The van der Waals surface area contributed by atoms with Crippen molar-refractivity contribution in [2.75, 3.05) is 46.3 Å². The number of halogens is 4. The third-order valence-corrected chi connectivity index (χ3v) is 6.19. The fourth-order valence-electron chi connectivity index (χ4n) is 4.87. The van der Waals surface area contributed by atoms with E-state index in [0.717, 1.165) is 25.5 Å². The minimum Gasteiger partial charge on any atom is -0.356 e. The molecule has 0 aromatic heterocycles. The van der Waals surface area contributed by atoms with E-state index in [1.165, 1.54) is 43.4 Å². The van der Waals surface area contributed by atoms with Gasteiger partial charge in [0.15, 0.2) is 5.96 Å². The van der Waals surface area contributed by atoms with Gasteiger partial charge in [-0.3, -0.25) is 9.89 Å². The van der Waals surface area contributed by atoms with Gasteiger partial charge in [0.05, 0.1) is 6.54 Å². The van der Waals surface area contributed by atoms with Gasteiger partial charge in [0, 0.05) is 33.2 Å². The summed E-state index contributed by atoms with van der Waals surface area (Å²) in [6.07, 6.45) is 4.69. The van der Waals surface area contributed by atoms with Crippen molar-refractivity contribution in [2.24, 2.45) is 16.3 Å². The monoisotopic (exact) mass is 488 g/mol. The van der Waals surface area contributed by atoms with Crippen LogP contribution in [0.5, 0.6) is 0 Å². The van der Waals surface area contributed by atoms with E-state index in [-0.39, 0.29) is 29.9 Å². The normalized spacial score (nSPS) is 27.0. The van der Waals surface area contributed by atoms with Gasteiger partial charge in [-0.05, 0) is 43.6 Å². The zero-order chi connectivity index (χ0) is 17.9. The molecule has 3 rings (SSSR count). The van der Waals surface area contributed by atoms with Crippen LogP contribution in [0.4, 0.5) is 13.2 Å². The molecule has 1 aliphatic carbocycles. The first-order chi connectivity index (χ1) is 11.9. The molecule has 0 radical (unpaired) electrons. The van der Waals surface area contributed by atoms with E-state index < -0.39 is 12.7 Å². The second-order valence-corrected chi connectivity index (χ2v) is 8.17. The van der Waals surface area contributed by atoms with Crippen molar-refractivity contribution in [2.45, 2.75) is 51.1 Å². The van der Waals surface area contributed by atoms with E-state index in [1.54, 1.807) is 7.05 Å². The Morgan fingerprint density at radius 3 is 2.54 bits per heavy atom. The van der Waals surface area contributed by atoms with Crippen LogP contribution in [-0.2, 0) is 0 Å². The first kappa shape index (κ1) is 22.0. The van der Waals surface area contributed by atoms with Crippen molar-refractivity contribution in [3.05, 3.63) is 0 Å². The highest BCUT2D eigenvalue weighted by Gasteiger charge is 2.40. The largest absolute Gasteiger partial charge is 0.401 e. The quantitative estimate of drug-likeness (QED) is 0.374. The summed E-state index contributed by atoms with van der Waals surface area (Å²) in [7, 11) is 1.80. The van der Waals surface area contributed by atoms with Crippen LogP contribution in [0.3, 0.4) is 0 Å². The SMILES string of the molecule is CN=C(NCC1CCN(CC(F)(F)F)C1)N1CCC2(CCCCC2)C1.I. The predicted octanol–water partition coefficient (Wildman–Crippen LogP) is 3.72. The van der Waals surface area contributed by atoms with Crippen LogP contribution in [0.1, 0.15) is 44.9 Å². The van der Waals surface area contributed by atoms with Crippen LogP contribution >= 0.6 is 24.0 Å². The molecule has 26 heavy (non-hydrogen) atoms. The molecule has 0 bridgehead atoms. The van der Waals surface area contributed by atoms with Crippen molar-refractivity contribution >= 4 is 29.9 Å². The second kappa shape index (κ2) is 9.30. The molecule has 2 aliphatic heterocycles. The van der Waals surface area contributed by atoms with Gasteiger partial charge >= 0.3 is 6.18 Å². The molecule has 8 heteroatoms. The number of aliphatic imine (C=N–C) groups is 1. The number of hydrogen-bond acceptors (Lipinski definition) is 2. The van der Waals surface area contributed by atoms with Gasteiger partial charge in [0.2, 0.25) is 0 Å². The maximum atomic E-state index is 12.5. The van der Waals surface area contributed by atoms with Gasteiger partial charge in [0.25, 0.3) is 0 Å². The van der Waals surface area contributed by atoms with Gasteiger partial charge in [-0.15, -0.1) is 24.0 Å². The van der Waals surface area contributed by atoms with Crippen molar-refractivity contribution in [3.63, 3.8) is 0 Å². The Bertz CT molecular complexity index is 478. The zero-order valence-corrected chi connectivity index (χ0v) is 18.0. The average molecular weight is 488 g/mol. The molecule has 0 aromatic carbocycles. The van der Waals surface area contributed by atoms with Gasteiger partial charge in [-0.2, -0.15) is 13.2 Å². The molecule has 1 atom stereocenters. The second-order valence-electron chi connectivity index (χ2n) is 8.17. The summed E-state index contributed by atoms with van der Waals surface area (Å²) in [6, 6.07) is 0. The minimum absolute atomic E-state index is 0. The molecule has 3 fully saturated rings. The lowest BCUT2D eigenvalue weighted by Gasteiger charge is -2.33. The molecule has 2 saturated heterocycles. The molecule has 1 spiro atoms. The smallest absolute Gasteiger partial charge is 0.356 e. The molecule has 2 heterocycles. The summed E-state index contributed by atoms with van der Waals surface area (Å²) in [4.78, 5) is 8.30. The van der Waals surface area contributed by atoms with E-state index in [1.807, 2.05) is 0 Å². The molecule has 4 nitrogen and oxygen atoms in total. The van der Waals surface area contributed by atoms with Crippen molar-refractivity contribution in [1.82, 2.24) is 15.1 Å². The summed E-state index contributed by atoms with van der Waals surface area (Å²) in [5.74, 6) is 1.20. The number of rotatable bonds is 3. The maximum Gasteiger partial charge on any atom is 0.401 e. The first-order valence-corrected chi connectivity index (χ1v) is 9.64. The van der Waals surface area contributed by atoms with Gasteiger partial charge in [-0.1, -0.05) is 19.3 Å². The summed E-state index contributed by atoms with van der Waals surface area (Å²) < 4.78 is 37.5. The summed E-state index contributed by atoms with van der Waals surface area (Å²) >= 11 is 0. The predicted molar refractivity (Wildman–Crippen MR) is 109 cm³/mol. The lowest BCUT2D eigenvalue weighted by Crippen LogP contribution is -2.43. The summed E-state index contributed by atoms with van der Waals surface area (Å²) in [5, 5.41) is 3.43. The van der Waals surface area contributed by atoms with E-state index in [4.69, 9.17) is 0 Å². The lowest BCUT2D eigenvalue weighted by atomic mass is 9.73. The molecule has 3 aliphatic rings. The number of nitrogens with one attached hydrogen (secondary N) is 1. The average Bonchev–Trinajstić information content (AvgIpc) is 3.15. The standard InChI is InChI=1S/C18H31F3N4.HI/c1-22-16(25-10-8-17(13-25)6-3-2-4-7-17)23-11-15-5-9-24(12-15)14-18(19,20)21;/h15H,2-14H2,1H3,(H,22,23);1H. The summed E-state index contributed by atoms with van der Waals surface area (Å²) in [5.41, 5.74) is 0.479. The Balaban J connectivity index is 0.00000243. The van der Waals surface area contributed by atoms with Crippen molar-refractivity contribution in [3.8, 4) is 0 Å². The highest BCUT2D eigenvalue weighted by Crippen LogP contribution is 2.43. The number of nitrogens with zero attached hydrogens (tertiary/aromatic N) is 3. The Morgan fingerprint density at radius 1 is 1.15 bits per heavy atom. The first-order valence-electron chi connectivity index (χ1n) is 9.64. The highest BCUT2D eigenvalue weighted by atomic mass is 127. The molecule has 1 saturated carbocycles. The fourth-order valence-corrected chi connectivity index (χ4v) is 4.87. The van der Waals surface area contributed by atoms with Gasteiger partial charge in [0.1, 0.15) is 0 Å². The topological polar surface area (TPSA) is 30.9 Å². The third kappa shape index (κ3) is 5.87. The molecule has 1 N–H and O–H groups in total. The molecule has 0 aromatic rings. The van der Waals surface area contributed by atoms with Crippen LogP contribution in [-0.4, -0.2) is 68.3 Å². The number of guanidine groups is 1. The molecule has 1 unspecified atom stereocenters. The van der Waals surface area contributed by atoms with Crippen LogP contribution in [0.15, 0.2) is 4.99 Å². The van der Waals surface area contributed by atoms with Gasteiger partial charge < -0.3 is 10.2 Å². The van der Waals surface area contributed by atoms with Crippen LogP contribution < -0.4 is 5.32 Å². The fraction of sp³-hybridized carbons (Fsp3) is 0.944. The minimum atomic E-state index is -4.10. The Morgan fingerprint density at radius 2 is 1.88 bits per heavy atom. The van der Waals surface area contributed by atoms with Crippen LogP contribution in [0, 0.1) is 11.3 Å². The lowest BCUT2D eigenvalue weighted by molar-refractivity contribution is -0.143. The number of alkyl halides is 3. The maximum absolute atomic E-state index is 12.5. The Hall–Kier alpha value is -0.250. The van der Waals surface area contributed by atoms with Crippen LogP contribution in [0.25, 0.3) is 0 Å². The Labute approximate surface area is 172 Å². The van der Waals surface area contributed by atoms with E-state index in [2.05, 4.69) is 15.2 Å². The van der Waals surface area contributed by atoms with Gasteiger partial charge in [-0.25, -0.2) is 0 Å². The zero-order valence-electron chi connectivity index (χ0n) is 15.7. The van der Waals surface area contributed by atoms with E-state index in [0.29, 0.717) is 25.0 Å². The number of hydrogen-bond donors (Lipinski definition) is 1. The molecule has 0 amide bonds. The highest BCUT2D eigenvalue weighted by molar-refractivity contribution is 14.0. The van der Waals surface area contributed by atoms with E-state index in [9.17, 15) is 13.2 Å². The summed E-state index contributed by atoms with van der Waals surface area (Å²) in [6.45, 7) is 3.12. The molecular formula is C18H32F3IN4. The molecular weight excluding hydrogens is 456 g/mol. The van der Waals surface area contributed by atoms with Crippen LogP contribution in [0.2, 0.25) is 0 Å².